The molecule has 0 saturated heterocycles. The molecule has 2 nitrogen and oxygen atoms in total. The molecule has 4 rings (SSSR count). The Labute approximate surface area is 133 Å². The fourth-order valence-corrected chi connectivity index (χ4v) is 4.76. The van der Waals surface area contributed by atoms with Gasteiger partial charge in [0.25, 0.3) is 0 Å². The molecule has 1 aliphatic carbocycles. The van der Waals surface area contributed by atoms with Gasteiger partial charge in [-0.2, -0.15) is 0 Å². The van der Waals surface area contributed by atoms with Crippen molar-refractivity contribution in [2.24, 2.45) is 0 Å². The number of hydrogen-bond donors (Lipinski definition) is 0. The minimum Gasteiger partial charge on any atom is -0.307 e. The van der Waals surface area contributed by atoms with Gasteiger partial charge in [0, 0.05) is 23.7 Å². The van der Waals surface area contributed by atoms with E-state index in [1.165, 1.54) is 29.6 Å². The van der Waals surface area contributed by atoms with E-state index in [0.29, 0.717) is 6.04 Å². The van der Waals surface area contributed by atoms with E-state index in [4.69, 9.17) is 4.98 Å². The van der Waals surface area contributed by atoms with Crippen molar-refractivity contribution in [3.63, 3.8) is 0 Å². The van der Waals surface area contributed by atoms with Gasteiger partial charge in [-0.3, -0.25) is 0 Å². The van der Waals surface area contributed by atoms with Gasteiger partial charge in [-0.05, 0) is 43.5 Å². The van der Waals surface area contributed by atoms with Crippen molar-refractivity contribution in [1.82, 2.24) is 4.98 Å². The SMILES string of the molecule is c1ccc(N(Sc2nc3ccccc3s2)C2CCC2)cc1. The molecule has 1 aromatic heterocycles. The number of nitrogens with zero attached hydrogens (tertiary/aromatic N) is 2. The topological polar surface area (TPSA) is 16.1 Å². The predicted molar refractivity (Wildman–Crippen MR) is 92.0 cm³/mol. The summed E-state index contributed by atoms with van der Waals surface area (Å²) in [6.07, 6.45) is 3.91. The summed E-state index contributed by atoms with van der Waals surface area (Å²) in [5, 5.41) is 0. The largest absolute Gasteiger partial charge is 0.307 e. The molecule has 0 amide bonds. The van der Waals surface area contributed by atoms with E-state index in [2.05, 4.69) is 58.9 Å². The fourth-order valence-electron chi connectivity index (χ4n) is 2.51. The molecule has 0 aliphatic heterocycles. The van der Waals surface area contributed by atoms with Crippen LogP contribution in [0.4, 0.5) is 5.69 Å². The Bertz CT molecular complexity index is 702. The summed E-state index contributed by atoms with van der Waals surface area (Å²) < 4.78 is 4.84. The van der Waals surface area contributed by atoms with E-state index in [1.807, 2.05) is 0 Å². The van der Waals surface area contributed by atoms with Crippen LogP contribution in [0.15, 0.2) is 58.9 Å². The lowest BCUT2D eigenvalue weighted by molar-refractivity contribution is 0.424. The Kier molecular flexibility index (Phi) is 3.57. The van der Waals surface area contributed by atoms with Gasteiger partial charge in [0.15, 0.2) is 4.34 Å². The summed E-state index contributed by atoms with van der Waals surface area (Å²) in [4.78, 5) is 4.76. The van der Waals surface area contributed by atoms with Gasteiger partial charge in [0.1, 0.15) is 0 Å². The first-order chi connectivity index (χ1) is 10.4. The second kappa shape index (κ2) is 5.70. The molecule has 3 aromatic rings. The minimum atomic E-state index is 0.643. The van der Waals surface area contributed by atoms with Gasteiger partial charge < -0.3 is 4.31 Å². The second-order valence-corrected chi connectivity index (χ2v) is 7.54. The van der Waals surface area contributed by atoms with E-state index in [1.54, 1.807) is 23.3 Å². The highest BCUT2D eigenvalue weighted by atomic mass is 32.2. The van der Waals surface area contributed by atoms with Crippen LogP contribution in [0.3, 0.4) is 0 Å². The molecule has 0 N–H and O–H groups in total. The minimum absolute atomic E-state index is 0.643. The lowest BCUT2D eigenvalue weighted by atomic mass is 9.93. The predicted octanol–water partition coefficient (Wildman–Crippen LogP) is 5.36. The molecule has 0 bridgehead atoms. The van der Waals surface area contributed by atoms with Crippen LogP contribution in [0.25, 0.3) is 10.2 Å². The van der Waals surface area contributed by atoms with Crippen molar-refractivity contribution in [3.8, 4) is 0 Å². The zero-order chi connectivity index (χ0) is 14.1. The van der Waals surface area contributed by atoms with Crippen LogP contribution in [0.5, 0.6) is 0 Å². The highest BCUT2D eigenvalue weighted by Crippen LogP contribution is 2.40. The number of aromatic nitrogens is 1. The van der Waals surface area contributed by atoms with Crippen LogP contribution in [0, 0.1) is 0 Å². The third-order valence-electron chi connectivity index (χ3n) is 3.87. The summed E-state index contributed by atoms with van der Waals surface area (Å²) in [6.45, 7) is 0. The molecule has 0 unspecified atom stereocenters. The quantitative estimate of drug-likeness (QED) is 0.603. The van der Waals surface area contributed by atoms with E-state index in [9.17, 15) is 0 Å². The molecule has 106 valence electrons. The second-order valence-electron chi connectivity index (χ2n) is 5.28. The van der Waals surface area contributed by atoms with E-state index < -0.39 is 0 Å². The van der Waals surface area contributed by atoms with Crippen LogP contribution in [-0.2, 0) is 0 Å². The number of anilines is 1. The Hall–Kier alpha value is -1.52. The van der Waals surface area contributed by atoms with Crippen LogP contribution in [0.2, 0.25) is 0 Å². The smallest absolute Gasteiger partial charge is 0.171 e. The average molecular weight is 312 g/mol. The van der Waals surface area contributed by atoms with Crippen molar-refractivity contribution >= 4 is 39.2 Å². The fraction of sp³-hybridized carbons (Fsp3) is 0.235. The highest BCUT2D eigenvalue weighted by molar-refractivity contribution is 8.02. The molecule has 1 saturated carbocycles. The van der Waals surface area contributed by atoms with Gasteiger partial charge in [0.2, 0.25) is 0 Å². The van der Waals surface area contributed by atoms with E-state index in [0.717, 1.165) is 9.86 Å². The lowest BCUT2D eigenvalue weighted by Gasteiger charge is -2.37. The molecule has 0 spiro atoms. The Morgan fingerprint density at radius 1 is 1.00 bits per heavy atom. The Morgan fingerprint density at radius 3 is 2.48 bits per heavy atom. The van der Waals surface area contributed by atoms with Crippen molar-refractivity contribution in [3.05, 3.63) is 54.6 Å². The molecular weight excluding hydrogens is 296 g/mol. The van der Waals surface area contributed by atoms with Crippen molar-refractivity contribution in [2.45, 2.75) is 29.6 Å². The number of fused-ring (bicyclic) bond motifs is 1. The Balaban J connectivity index is 1.64. The first kappa shape index (κ1) is 13.2. The number of thiazole rings is 1. The summed E-state index contributed by atoms with van der Waals surface area (Å²) in [7, 11) is 0. The third kappa shape index (κ3) is 2.65. The van der Waals surface area contributed by atoms with Crippen LogP contribution in [-0.4, -0.2) is 11.0 Å². The summed E-state index contributed by atoms with van der Waals surface area (Å²) >= 11 is 3.57. The number of hydrogen-bond acceptors (Lipinski definition) is 4. The average Bonchev–Trinajstić information content (AvgIpc) is 2.88. The number of para-hydroxylation sites is 2. The molecule has 4 heteroatoms. The van der Waals surface area contributed by atoms with Crippen molar-refractivity contribution in [2.75, 3.05) is 4.31 Å². The third-order valence-corrected chi connectivity index (χ3v) is 6.13. The maximum absolute atomic E-state index is 4.76. The van der Waals surface area contributed by atoms with Gasteiger partial charge in [-0.25, -0.2) is 4.98 Å². The first-order valence-corrected chi connectivity index (χ1v) is 8.87. The number of benzene rings is 2. The highest BCUT2D eigenvalue weighted by Gasteiger charge is 2.27. The number of rotatable bonds is 4. The molecule has 1 heterocycles. The normalized spacial score (nSPS) is 15.0. The monoisotopic (exact) mass is 312 g/mol. The van der Waals surface area contributed by atoms with Crippen LogP contribution >= 0.6 is 23.3 Å². The molecule has 1 aliphatic rings. The molecule has 21 heavy (non-hydrogen) atoms. The van der Waals surface area contributed by atoms with Gasteiger partial charge >= 0.3 is 0 Å². The van der Waals surface area contributed by atoms with Gasteiger partial charge in [-0.1, -0.05) is 30.3 Å². The first-order valence-electron chi connectivity index (χ1n) is 7.28. The van der Waals surface area contributed by atoms with Crippen molar-refractivity contribution in [1.29, 1.82) is 0 Å². The zero-order valence-electron chi connectivity index (χ0n) is 11.6. The van der Waals surface area contributed by atoms with Gasteiger partial charge in [-0.15, -0.1) is 11.3 Å². The maximum atomic E-state index is 4.76. The molecule has 0 radical (unpaired) electrons. The van der Waals surface area contributed by atoms with Crippen molar-refractivity contribution < 1.29 is 0 Å². The Morgan fingerprint density at radius 2 is 1.76 bits per heavy atom. The molecule has 2 aromatic carbocycles. The van der Waals surface area contributed by atoms with Gasteiger partial charge in [0.05, 0.1) is 10.2 Å². The van der Waals surface area contributed by atoms with E-state index >= 15 is 0 Å². The zero-order valence-corrected chi connectivity index (χ0v) is 13.2. The molecule has 1 fully saturated rings. The summed E-state index contributed by atoms with van der Waals surface area (Å²) in [5.74, 6) is 0. The summed E-state index contributed by atoms with van der Waals surface area (Å²) in [6, 6.07) is 19.7. The van der Waals surface area contributed by atoms with Crippen LogP contribution in [0.1, 0.15) is 19.3 Å². The maximum Gasteiger partial charge on any atom is 0.171 e. The molecular formula is C17H16N2S2. The summed E-state index contributed by atoms with van der Waals surface area (Å²) in [5.41, 5.74) is 2.39. The lowest BCUT2D eigenvalue weighted by Crippen LogP contribution is -2.35. The standard InChI is InChI=1S/C17H16N2S2/c1-2-7-13(8-3-1)19(14-9-6-10-14)21-17-18-15-11-4-5-12-16(15)20-17/h1-5,7-8,11-12,14H,6,9-10H2. The van der Waals surface area contributed by atoms with Crippen LogP contribution < -0.4 is 4.31 Å². The van der Waals surface area contributed by atoms with E-state index in [-0.39, 0.29) is 0 Å². The molecule has 0 atom stereocenters.